The summed E-state index contributed by atoms with van der Waals surface area (Å²) in [5.74, 6) is 0.641. The molecule has 0 atom stereocenters. The normalized spacial score (nSPS) is 9.65. The third kappa shape index (κ3) is 5.16. The molecular formula is C14H18N2O4. The maximum absolute atomic E-state index is 11.5. The van der Waals surface area contributed by atoms with Gasteiger partial charge in [0.1, 0.15) is 0 Å². The van der Waals surface area contributed by atoms with Gasteiger partial charge in [0.2, 0.25) is 0 Å². The quantitative estimate of drug-likeness (QED) is 0.720. The van der Waals surface area contributed by atoms with Gasteiger partial charge < -0.3 is 19.5 Å². The molecule has 0 aliphatic heterocycles. The van der Waals surface area contributed by atoms with Crippen LogP contribution in [0.3, 0.4) is 0 Å². The number of ether oxygens (including phenoxy) is 3. The fraction of sp³-hybridized carbons (Fsp3) is 0.429. The molecule has 6 nitrogen and oxygen atoms in total. The SMILES string of the molecule is COCCCNC(=O)COc1ccc(C#N)cc1OC. The van der Waals surface area contributed by atoms with Crippen LogP contribution in [0.1, 0.15) is 12.0 Å². The molecule has 0 radical (unpaired) electrons. The van der Waals surface area contributed by atoms with E-state index in [2.05, 4.69) is 5.32 Å². The monoisotopic (exact) mass is 278 g/mol. The molecule has 0 aromatic heterocycles. The smallest absolute Gasteiger partial charge is 0.257 e. The summed E-state index contributed by atoms with van der Waals surface area (Å²) in [6, 6.07) is 6.78. The van der Waals surface area contributed by atoms with E-state index in [0.717, 1.165) is 6.42 Å². The Bertz CT molecular complexity index is 483. The zero-order valence-electron chi connectivity index (χ0n) is 11.6. The van der Waals surface area contributed by atoms with E-state index in [-0.39, 0.29) is 12.5 Å². The van der Waals surface area contributed by atoms with Gasteiger partial charge in [-0.1, -0.05) is 0 Å². The Labute approximate surface area is 118 Å². The standard InChI is InChI=1S/C14H18N2O4/c1-18-7-3-6-16-14(17)10-20-12-5-4-11(9-15)8-13(12)19-2/h4-5,8H,3,6-7,10H2,1-2H3,(H,16,17). The number of hydrogen-bond donors (Lipinski definition) is 1. The Balaban J connectivity index is 2.45. The minimum Gasteiger partial charge on any atom is -0.493 e. The molecule has 0 fully saturated rings. The van der Waals surface area contributed by atoms with Crippen molar-refractivity contribution < 1.29 is 19.0 Å². The molecule has 6 heteroatoms. The van der Waals surface area contributed by atoms with Gasteiger partial charge in [-0.2, -0.15) is 5.26 Å². The van der Waals surface area contributed by atoms with E-state index < -0.39 is 0 Å². The Morgan fingerprint density at radius 2 is 2.15 bits per heavy atom. The minimum absolute atomic E-state index is 0.102. The zero-order chi connectivity index (χ0) is 14.8. The van der Waals surface area contributed by atoms with Crippen LogP contribution in [0.5, 0.6) is 11.5 Å². The van der Waals surface area contributed by atoms with E-state index in [0.29, 0.717) is 30.2 Å². The maximum Gasteiger partial charge on any atom is 0.257 e. The number of carbonyl (C=O) groups is 1. The summed E-state index contributed by atoms with van der Waals surface area (Å²) in [5.41, 5.74) is 0.471. The Morgan fingerprint density at radius 3 is 2.80 bits per heavy atom. The molecule has 1 aromatic carbocycles. The average Bonchev–Trinajstić information content (AvgIpc) is 2.49. The summed E-state index contributed by atoms with van der Waals surface area (Å²) in [7, 11) is 3.09. The van der Waals surface area contributed by atoms with Crippen LogP contribution in [0.4, 0.5) is 0 Å². The van der Waals surface area contributed by atoms with Gasteiger partial charge in [0.25, 0.3) is 5.91 Å². The van der Waals surface area contributed by atoms with Gasteiger partial charge in [-0.25, -0.2) is 0 Å². The first-order valence-corrected chi connectivity index (χ1v) is 6.17. The number of hydrogen-bond acceptors (Lipinski definition) is 5. The Kier molecular flexibility index (Phi) is 6.93. The number of nitriles is 1. The van der Waals surface area contributed by atoms with Crippen LogP contribution in [0.15, 0.2) is 18.2 Å². The van der Waals surface area contributed by atoms with Gasteiger partial charge in [-0.3, -0.25) is 4.79 Å². The molecule has 0 aliphatic rings. The van der Waals surface area contributed by atoms with E-state index in [9.17, 15) is 4.79 Å². The summed E-state index contributed by atoms with van der Waals surface area (Å²) in [4.78, 5) is 11.5. The number of rotatable bonds is 8. The molecule has 0 saturated heterocycles. The summed E-state index contributed by atoms with van der Waals surface area (Å²) in [6.45, 7) is 1.04. The molecule has 0 saturated carbocycles. The molecular weight excluding hydrogens is 260 g/mol. The summed E-state index contributed by atoms with van der Waals surface area (Å²) in [6.07, 6.45) is 0.752. The molecule has 0 aliphatic carbocycles. The average molecular weight is 278 g/mol. The fourth-order valence-corrected chi connectivity index (χ4v) is 1.50. The van der Waals surface area contributed by atoms with Crippen molar-refractivity contribution in [3.8, 4) is 17.6 Å². The third-order valence-electron chi connectivity index (χ3n) is 2.50. The highest BCUT2D eigenvalue weighted by molar-refractivity contribution is 5.77. The number of methoxy groups -OCH3 is 2. The molecule has 0 unspecified atom stereocenters. The second-order valence-corrected chi connectivity index (χ2v) is 3.96. The molecule has 0 spiro atoms. The lowest BCUT2D eigenvalue weighted by Gasteiger charge is -2.11. The van der Waals surface area contributed by atoms with E-state index >= 15 is 0 Å². The lowest BCUT2D eigenvalue weighted by atomic mass is 10.2. The molecule has 1 aromatic rings. The van der Waals surface area contributed by atoms with Crippen LogP contribution < -0.4 is 14.8 Å². The van der Waals surface area contributed by atoms with E-state index in [1.807, 2.05) is 6.07 Å². The number of nitrogens with zero attached hydrogens (tertiary/aromatic N) is 1. The Hall–Kier alpha value is -2.26. The largest absolute Gasteiger partial charge is 0.493 e. The van der Waals surface area contributed by atoms with Crippen molar-refractivity contribution in [3.05, 3.63) is 23.8 Å². The topological polar surface area (TPSA) is 80.6 Å². The summed E-state index contributed by atoms with van der Waals surface area (Å²) in [5, 5.41) is 11.5. The van der Waals surface area contributed by atoms with Gasteiger partial charge in [0, 0.05) is 26.3 Å². The number of carbonyl (C=O) groups excluding carboxylic acids is 1. The highest BCUT2D eigenvalue weighted by atomic mass is 16.5. The van der Waals surface area contributed by atoms with E-state index in [4.69, 9.17) is 19.5 Å². The van der Waals surface area contributed by atoms with Crippen LogP contribution in [-0.2, 0) is 9.53 Å². The minimum atomic E-state index is -0.215. The lowest BCUT2D eigenvalue weighted by Crippen LogP contribution is -2.30. The highest BCUT2D eigenvalue weighted by Crippen LogP contribution is 2.27. The first kappa shape index (κ1) is 15.8. The van der Waals surface area contributed by atoms with Crippen molar-refractivity contribution in [1.29, 1.82) is 5.26 Å². The molecule has 1 amide bonds. The van der Waals surface area contributed by atoms with Gasteiger partial charge in [0.15, 0.2) is 18.1 Å². The maximum atomic E-state index is 11.5. The van der Waals surface area contributed by atoms with Gasteiger partial charge in [-0.15, -0.1) is 0 Å². The van der Waals surface area contributed by atoms with Crippen LogP contribution >= 0.6 is 0 Å². The van der Waals surface area contributed by atoms with Crippen LogP contribution in [-0.4, -0.2) is 39.9 Å². The van der Waals surface area contributed by atoms with Crippen LogP contribution in [0.25, 0.3) is 0 Å². The van der Waals surface area contributed by atoms with Gasteiger partial charge in [-0.05, 0) is 18.6 Å². The van der Waals surface area contributed by atoms with Crippen molar-refractivity contribution in [2.45, 2.75) is 6.42 Å². The fourth-order valence-electron chi connectivity index (χ4n) is 1.50. The molecule has 0 bridgehead atoms. The van der Waals surface area contributed by atoms with Crippen molar-refractivity contribution in [1.82, 2.24) is 5.32 Å². The number of benzene rings is 1. The van der Waals surface area contributed by atoms with E-state index in [1.165, 1.54) is 7.11 Å². The summed E-state index contributed by atoms with van der Waals surface area (Å²) < 4.78 is 15.4. The molecule has 0 heterocycles. The first-order valence-electron chi connectivity index (χ1n) is 6.17. The first-order chi connectivity index (χ1) is 9.71. The van der Waals surface area contributed by atoms with Gasteiger partial charge in [0.05, 0.1) is 18.7 Å². The van der Waals surface area contributed by atoms with Crippen molar-refractivity contribution in [2.24, 2.45) is 0 Å². The predicted molar refractivity (Wildman–Crippen MR) is 72.7 cm³/mol. The number of amides is 1. The molecule has 108 valence electrons. The summed E-state index contributed by atoms with van der Waals surface area (Å²) >= 11 is 0. The predicted octanol–water partition coefficient (Wildman–Crippen LogP) is 1.10. The van der Waals surface area contributed by atoms with Gasteiger partial charge >= 0.3 is 0 Å². The molecule has 20 heavy (non-hydrogen) atoms. The number of nitrogens with one attached hydrogen (secondary N) is 1. The van der Waals surface area contributed by atoms with Crippen LogP contribution in [0, 0.1) is 11.3 Å². The second kappa shape index (κ2) is 8.77. The Morgan fingerprint density at radius 1 is 1.35 bits per heavy atom. The lowest BCUT2D eigenvalue weighted by molar-refractivity contribution is -0.123. The third-order valence-corrected chi connectivity index (χ3v) is 2.50. The molecule has 1 rings (SSSR count). The molecule has 1 N–H and O–H groups in total. The van der Waals surface area contributed by atoms with E-state index in [1.54, 1.807) is 25.3 Å². The second-order valence-electron chi connectivity index (χ2n) is 3.96. The highest BCUT2D eigenvalue weighted by Gasteiger charge is 2.08. The zero-order valence-corrected chi connectivity index (χ0v) is 11.6. The van der Waals surface area contributed by atoms with Crippen molar-refractivity contribution in [2.75, 3.05) is 34.0 Å². The van der Waals surface area contributed by atoms with Crippen molar-refractivity contribution >= 4 is 5.91 Å². The van der Waals surface area contributed by atoms with Crippen molar-refractivity contribution in [3.63, 3.8) is 0 Å². The van der Waals surface area contributed by atoms with Crippen LogP contribution in [0.2, 0.25) is 0 Å².